The molecule has 212 valence electrons. The minimum atomic E-state index is -0.912. The Morgan fingerprint density at radius 2 is 1.88 bits per heavy atom. The van der Waals surface area contributed by atoms with Crippen LogP contribution in [0.15, 0.2) is 42.6 Å². The second-order valence-corrected chi connectivity index (χ2v) is 11.3. The van der Waals surface area contributed by atoms with Crippen molar-refractivity contribution in [1.29, 1.82) is 0 Å². The number of aromatic hydroxyl groups is 1. The third kappa shape index (κ3) is 4.44. The highest BCUT2D eigenvalue weighted by Gasteiger charge is 2.43. The summed E-state index contributed by atoms with van der Waals surface area (Å²) in [5, 5.41) is 22.1. The number of pyridine rings is 1. The van der Waals surface area contributed by atoms with Gasteiger partial charge in [-0.1, -0.05) is 24.3 Å². The molecule has 41 heavy (non-hydrogen) atoms. The summed E-state index contributed by atoms with van der Waals surface area (Å²) in [7, 11) is 2.06. The lowest BCUT2D eigenvalue weighted by molar-refractivity contribution is 0.114. The first kappa shape index (κ1) is 25.7. The van der Waals surface area contributed by atoms with Gasteiger partial charge in [-0.2, -0.15) is 9.97 Å². The van der Waals surface area contributed by atoms with Crippen LogP contribution in [0, 0.1) is 5.82 Å². The van der Waals surface area contributed by atoms with E-state index < -0.39 is 11.9 Å². The van der Waals surface area contributed by atoms with Crippen LogP contribution in [-0.4, -0.2) is 92.5 Å². The molecule has 2 aromatic heterocycles. The van der Waals surface area contributed by atoms with Gasteiger partial charge in [-0.15, -0.1) is 0 Å². The maximum atomic E-state index is 16.5. The van der Waals surface area contributed by atoms with Gasteiger partial charge in [0.05, 0.1) is 17.5 Å². The van der Waals surface area contributed by atoms with Gasteiger partial charge < -0.3 is 24.7 Å². The van der Waals surface area contributed by atoms with Crippen LogP contribution in [0.25, 0.3) is 32.9 Å². The summed E-state index contributed by atoms with van der Waals surface area (Å²) in [6.07, 6.45) is 4.30. The maximum absolute atomic E-state index is 16.5. The Labute approximate surface area is 236 Å². The van der Waals surface area contributed by atoms with Crippen LogP contribution in [-0.2, 0) is 0 Å². The van der Waals surface area contributed by atoms with E-state index in [9.17, 15) is 15.0 Å². The first-order valence-corrected chi connectivity index (χ1v) is 14.0. The number of anilines is 1. The molecule has 7 rings (SSSR count). The number of rotatable bonds is 5. The number of amides is 1. The molecule has 5 heterocycles. The maximum Gasteiger partial charge on any atom is 0.407 e. The van der Waals surface area contributed by atoms with Gasteiger partial charge in [0.1, 0.15) is 29.4 Å². The number of phenolic OH excluding ortho intramolecular Hbond substituents is 1. The highest BCUT2D eigenvalue weighted by molar-refractivity contribution is 6.00. The quantitative estimate of drug-likeness (QED) is 0.366. The van der Waals surface area contributed by atoms with E-state index in [0.29, 0.717) is 36.5 Å². The van der Waals surface area contributed by atoms with E-state index in [4.69, 9.17) is 9.72 Å². The molecule has 3 fully saturated rings. The van der Waals surface area contributed by atoms with Crippen LogP contribution in [0.1, 0.15) is 25.7 Å². The lowest BCUT2D eigenvalue weighted by Gasteiger charge is -2.40. The van der Waals surface area contributed by atoms with Crippen molar-refractivity contribution in [1.82, 2.24) is 24.8 Å². The van der Waals surface area contributed by atoms with Crippen molar-refractivity contribution in [3.63, 3.8) is 0 Å². The van der Waals surface area contributed by atoms with E-state index in [0.717, 1.165) is 43.0 Å². The third-order valence-corrected chi connectivity index (χ3v) is 8.82. The van der Waals surface area contributed by atoms with E-state index in [-0.39, 0.29) is 41.1 Å². The number of likely N-dealkylation sites (N-methyl/N-ethyl adjacent to an activating group) is 1. The lowest BCUT2D eigenvalue weighted by atomic mass is 10.00. The van der Waals surface area contributed by atoms with Crippen molar-refractivity contribution >= 4 is 33.6 Å². The van der Waals surface area contributed by atoms with Gasteiger partial charge in [0.15, 0.2) is 5.82 Å². The summed E-state index contributed by atoms with van der Waals surface area (Å²) in [6.45, 7) is 2.27. The highest BCUT2D eigenvalue weighted by Crippen LogP contribution is 2.39. The number of phenols is 1. The Kier molecular flexibility index (Phi) is 6.26. The number of benzene rings is 2. The summed E-state index contributed by atoms with van der Waals surface area (Å²) >= 11 is 0. The monoisotopic (exact) mass is 558 g/mol. The summed E-state index contributed by atoms with van der Waals surface area (Å²) in [6, 6.07) is 10.6. The van der Waals surface area contributed by atoms with Crippen LogP contribution < -0.4 is 9.64 Å². The molecule has 0 spiro atoms. The van der Waals surface area contributed by atoms with Crippen LogP contribution in [0.2, 0.25) is 0 Å². The molecule has 1 unspecified atom stereocenters. The summed E-state index contributed by atoms with van der Waals surface area (Å²) < 4.78 is 22.6. The van der Waals surface area contributed by atoms with Gasteiger partial charge in [-0.3, -0.25) is 9.88 Å². The molecule has 3 aliphatic heterocycles. The number of fused-ring (bicyclic) bond motifs is 4. The minimum absolute atomic E-state index is 0.0138. The molecule has 4 aromatic rings. The minimum Gasteiger partial charge on any atom is -0.508 e. The topological polar surface area (TPSA) is 115 Å². The summed E-state index contributed by atoms with van der Waals surface area (Å²) in [5.74, 6) is -0.123. The molecule has 3 aliphatic rings. The Morgan fingerprint density at radius 1 is 1.10 bits per heavy atom. The molecule has 3 saturated heterocycles. The number of piperazine rings is 1. The molecular formula is C30H31FN6O4. The lowest BCUT2D eigenvalue weighted by Crippen LogP contribution is -2.55. The Balaban J connectivity index is 1.34. The first-order valence-electron chi connectivity index (χ1n) is 14.0. The Hall–Kier alpha value is -4.25. The first-order chi connectivity index (χ1) is 19.9. The van der Waals surface area contributed by atoms with Gasteiger partial charge >= 0.3 is 12.1 Å². The van der Waals surface area contributed by atoms with E-state index in [1.54, 1.807) is 12.3 Å². The number of carboxylic acid groups (broad SMARTS) is 1. The number of likely N-dealkylation sites (tertiary alicyclic amines) is 1. The zero-order chi connectivity index (χ0) is 28.2. The van der Waals surface area contributed by atoms with Gasteiger partial charge in [-0.05, 0) is 62.2 Å². The van der Waals surface area contributed by atoms with Crippen molar-refractivity contribution in [3.05, 3.63) is 48.4 Å². The Morgan fingerprint density at radius 3 is 2.61 bits per heavy atom. The summed E-state index contributed by atoms with van der Waals surface area (Å²) in [5.41, 5.74) is 0.616. The highest BCUT2D eigenvalue weighted by atomic mass is 19.1. The standard InChI is InChI=1S/C30H31FN6O4/c1-35-10-4-6-20(35)16-41-29-33-27-24(28(34-29)36-14-18-8-9-19(15-36)37(18)30(39)40)13-32-26(25(27)31)23-12-21(38)11-17-5-2-3-7-22(17)23/h2-3,5,7,11-13,18-20,38H,4,6,8-10,14-16H2,1H3,(H,39,40)/t18-,19+,20?. The zero-order valence-electron chi connectivity index (χ0n) is 22.7. The number of carbonyl (C=O) groups is 1. The molecular weight excluding hydrogens is 527 g/mol. The van der Waals surface area contributed by atoms with E-state index >= 15 is 4.39 Å². The predicted molar refractivity (Wildman–Crippen MR) is 152 cm³/mol. The third-order valence-electron chi connectivity index (χ3n) is 8.82. The zero-order valence-corrected chi connectivity index (χ0v) is 22.7. The fourth-order valence-electron chi connectivity index (χ4n) is 6.75. The van der Waals surface area contributed by atoms with Crippen LogP contribution in [0.4, 0.5) is 15.0 Å². The summed E-state index contributed by atoms with van der Waals surface area (Å²) in [4.78, 5) is 31.5. The molecule has 10 nitrogen and oxygen atoms in total. The van der Waals surface area contributed by atoms with Gasteiger partial charge in [-0.25, -0.2) is 9.18 Å². The molecule has 0 aliphatic carbocycles. The number of aromatic nitrogens is 3. The fourth-order valence-corrected chi connectivity index (χ4v) is 6.75. The predicted octanol–water partition coefficient (Wildman–Crippen LogP) is 4.49. The van der Waals surface area contributed by atoms with Crippen molar-refractivity contribution < 1.29 is 24.1 Å². The van der Waals surface area contributed by atoms with Crippen LogP contribution in [0.3, 0.4) is 0 Å². The van der Waals surface area contributed by atoms with Crippen LogP contribution >= 0.6 is 0 Å². The van der Waals surface area contributed by atoms with Crippen molar-refractivity contribution in [3.8, 4) is 23.0 Å². The molecule has 11 heteroatoms. The molecule has 2 aromatic carbocycles. The van der Waals surface area contributed by atoms with Gasteiger partial charge in [0, 0.05) is 30.9 Å². The van der Waals surface area contributed by atoms with Gasteiger partial charge in [0.25, 0.3) is 0 Å². The SMILES string of the molecule is CN1CCCC1COc1nc(N2C[C@H]3CC[C@@H](C2)N3C(=O)O)c2cnc(-c3cc(O)cc4ccccc34)c(F)c2n1. The number of hydrogen-bond acceptors (Lipinski definition) is 8. The number of ether oxygens (including phenoxy) is 1. The van der Waals surface area contributed by atoms with Gasteiger partial charge in [0.2, 0.25) is 0 Å². The molecule has 0 saturated carbocycles. The average molecular weight is 559 g/mol. The second-order valence-electron chi connectivity index (χ2n) is 11.3. The van der Waals surface area contributed by atoms with Crippen molar-refractivity contribution in [2.75, 3.05) is 38.2 Å². The normalized spacial score (nSPS) is 22.6. The molecule has 2 N–H and O–H groups in total. The molecule has 0 radical (unpaired) electrons. The van der Waals surface area contributed by atoms with Crippen LogP contribution in [0.5, 0.6) is 11.8 Å². The van der Waals surface area contributed by atoms with E-state index in [1.807, 2.05) is 29.2 Å². The Bertz CT molecular complexity index is 1650. The fraction of sp³-hybridized carbons (Fsp3) is 0.400. The molecule has 2 bridgehead atoms. The molecule has 1 amide bonds. The van der Waals surface area contributed by atoms with E-state index in [2.05, 4.69) is 21.9 Å². The number of hydrogen-bond donors (Lipinski definition) is 2. The second kappa shape index (κ2) is 9.99. The van der Waals surface area contributed by atoms with Crippen molar-refractivity contribution in [2.45, 2.75) is 43.8 Å². The average Bonchev–Trinajstić information content (AvgIpc) is 3.50. The smallest absolute Gasteiger partial charge is 0.407 e. The van der Waals surface area contributed by atoms with E-state index in [1.165, 1.54) is 11.0 Å². The molecule has 3 atom stereocenters. The number of halogens is 1. The number of nitrogens with zero attached hydrogens (tertiary/aromatic N) is 6. The largest absolute Gasteiger partial charge is 0.508 e. The van der Waals surface area contributed by atoms with Crippen molar-refractivity contribution in [2.24, 2.45) is 0 Å².